The Bertz CT molecular complexity index is 796. The number of nitro benzene ring substituents is 2. The zero-order chi connectivity index (χ0) is 20.9. The third-order valence-corrected chi connectivity index (χ3v) is 6.22. The lowest BCUT2D eigenvalue weighted by Gasteiger charge is -2.27. The van der Waals surface area contributed by atoms with Crippen LogP contribution in [0.1, 0.15) is 26.7 Å². The number of ether oxygens (including phenoxy) is 1. The molecule has 1 fully saturated rings. The van der Waals surface area contributed by atoms with Crippen LogP contribution in [0.2, 0.25) is 0 Å². The van der Waals surface area contributed by atoms with Crippen LogP contribution < -0.4 is 4.90 Å². The summed E-state index contributed by atoms with van der Waals surface area (Å²) in [6, 6.07) is 1.84. The van der Waals surface area contributed by atoms with Gasteiger partial charge >= 0.3 is 11.4 Å². The normalized spacial score (nSPS) is 15.4. The smallest absolute Gasteiger partial charge is 0.301 e. The highest BCUT2D eigenvalue weighted by molar-refractivity contribution is 7.89. The molecule has 0 unspecified atom stereocenters. The lowest BCUT2D eigenvalue weighted by Crippen LogP contribution is -2.40. The maximum atomic E-state index is 12.9. The van der Waals surface area contributed by atoms with Crippen LogP contribution in [-0.4, -0.2) is 62.0 Å². The van der Waals surface area contributed by atoms with E-state index in [2.05, 4.69) is 0 Å². The molecule has 1 aromatic rings. The first-order chi connectivity index (χ1) is 13.2. The molecule has 1 heterocycles. The molecule has 0 bridgehead atoms. The summed E-state index contributed by atoms with van der Waals surface area (Å²) >= 11 is 0. The van der Waals surface area contributed by atoms with Gasteiger partial charge in [-0.25, -0.2) is 8.42 Å². The zero-order valence-electron chi connectivity index (χ0n) is 15.9. The molecule has 0 radical (unpaired) electrons. The summed E-state index contributed by atoms with van der Waals surface area (Å²) in [5.41, 5.74) is -1.31. The van der Waals surface area contributed by atoms with Gasteiger partial charge in [0.05, 0.1) is 28.0 Å². The molecular weight excluding hydrogens is 392 g/mol. The van der Waals surface area contributed by atoms with Gasteiger partial charge in [-0.05, 0) is 12.8 Å². The third-order valence-electron chi connectivity index (χ3n) is 4.35. The number of morpholine rings is 1. The van der Waals surface area contributed by atoms with Crippen molar-refractivity contribution < 1.29 is 23.0 Å². The van der Waals surface area contributed by atoms with Gasteiger partial charge in [0.1, 0.15) is 0 Å². The van der Waals surface area contributed by atoms with Gasteiger partial charge in [0.25, 0.3) is 0 Å². The predicted molar refractivity (Wildman–Crippen MR) is 102 cm³/mol. The van der Waals surface area contributed by atoms with Crippen molar-refractivity contribution in [2.75, 3.05) is 44.3 Å². The van der Waals surface area contributed by atoms with Crippen LogP contribution in [0.15, 0.2) is 17.0 Å². The van der Waals surface area contributed by atoms with Crippen LogP contribution in [0.3, 0.4) is 0 Å². The molecule has 28 heavy (non-hydrogen) atoms. The fraction of sp³-hybridized carbons (Fsp3) is 0.625. The number of nitro groups is 2. The molecule has 1 aromatic carbocycles. The minimum Gasteiger partial charge on any atom is -0.379 e. The van der Waals surface area contributed by atoms with E-state index >= 15 is 0 Å². The Morgan fingerprint density at radius 1 is 1.04 bits per heavy atom. The van der Waals surface area contributed by atoms with E-state index in [-0.39, 0.29) is 32.0 Å². The van der Waals surface area contributed by atoms with Crippen LogP contribution in [0.4, 0.5) is 17.1 Å². The third kappa shape index (κ3) is 4.56. The molecule has 0 amide bonds. The predicted octanol–water partition coefficient (Wildman–Crippen LogP) is 2.15. The quantitative estimate of drug-likeness (QED) is 0.441. The molecule has 1 aliphatic heterocycles. The van der Waals surface area contributed by atoms with Crippen molar-refractivity contribution >= 4 is 27.1 Å². The lowest BCUT2D eigenvalue weighted by molar-refractivity contribution is -0.393. The van der Waals surface area contributed by atoms with Crippen LogP contribution in [0.25, 0.3) is 0 Å². The fourth-order valence-electron chi connectivity index (χ4n) is 3.14. The Morgan fingerprint density at radius 3 is 1.89 bits per heavy atom. The van der Waals surface area contributed by atoms with E-state index in [4.69, 9.17) is 4.74 Å². The first-order valence-electron chi connectivity index (χ1n) is 9.03. The van der Waals surface area contributed by atoms with Crippen LogP contribution >= 0.6 is 0 Å². The van der Waals surface area contributed by atoms with E-state index < -0.39 is 36.1 Å². The summed E-state index contributed by atoms with van der Waals surface area (Å²) in [7, 11) is -4.12. The van der Waals surface area contributed by atoms with Gasteiger partial charge in [0.15, 0.2) is 5.69 Å². The van der Waals surface area contributed by atoms with Crippen LogP contribution in [0.5, 0.6) is 0 Å². The van der Waals surface area contributed by atoms with E-state index in [1.165, 1.54) is 0 Å². The Labute approximate surface area is 163 Å². The van der Waals surface area contributed by atoms with Crippen molar-refractivity contribution in [2.24, 2.45) is 0 Å². The van der Waals surface area contributed by atoms with Crippen LogP contribution in [-0.2, 0) is 14.8 Å². The van der Waals surface area contributed by atoms with Gasteiger partial charge in [-0.2, -0.15) is 4.31 Å². The maximum Gasteiger partial charge on any atom is 0.301 e. The van der Waals surface area contributed by atoms with Gasteiger partial charge in [-0.3, -0.25) is 20.2 Å². The van der Waals surface area contributed by atoms with Gasteiger partial charge in [-0.15, -0.1) is 0 Å². The minimum atomic E-state index is -4.12. The van der Waals surface area contributed by atoms with Gasteiger partial charge in [0.2, 0.25) is 10.0 Å². The first kappa shape index (κ1) is 22.0. The summed E-state index contributed by atoms with van der Waals surface area (Å²) in [4.78, 5) is 23.0. The molecule has 1 saturated heterocycles. The van der Waals surface area contributed by atoms with E-state index in [0.29, 0.717) is 25.9 Å². The SMILES string of the molecule is CCCN(CCC)c1c([N+](=O)[O-])cc(S(=O)(=O)N2CCOCC2)cc1[N+](=O)[O-]. The first-order valence-corrected chi connectivity index (χ1v) is 10.5. The van der Waals surface area contributed by atoms with Crippen molar-refractivity contribution in [2.45, 2.75) is 31.6 Å². The Balaban J connectivity index is 2.68. The maximum absolute atomic E-state index is 12.9. The molecule has 1 aliphatic rings. The van der Waals surface area contributed by atoms with E-state index in [0.717, 1.165) is 16.4 Å². The average Bonchev–Trinajstić information content (AvgIpc) is 2.67. The molecule has 0 N–H and O–H groups in total. The Kier molecular flexibility index (Phi) is 7.27. The summed E-state index contributed by atoms with van der Waals surface area (Å²) in [5, 5.41) is 23.4. The van der Waals surface area contributed by atoms with Crippen LogP contribution in [0, 0.1) is 20.2 Å². The molecule has 0 aromatic heterocycles. The molecule has 2 rings (SSSR count). The molecular formula is C16H24N4O7S. The second kappa shape index (κ2) is 9.26. The van der Waals surface area contributed by atoms with E-state index in [1.54, 1.807) is 4.90 Å². The highest BCUT2D eigenvalue weighted by Gasteiger charge is 2.35. The van der Waals surface area contributed by atoms with Crippen molar-refractivity contribution in [3.8, 4) is 0 Å². The summed E-state index contributed by atoms with van der Waals surface area (Å²) in [5.74, 6) is 0. The van der Waals surface area contributed by atoms with E-state index in [1.807, 2.05) is 13.8 Å². The van der Waals surface area contributed by atoms with E-state index in [9.17, 15) is 28.6 Å². The molecule has 11 nitrogen and oxygen atoms in total. The second-order valence-corrected chi connectivity index (χ2v) is 8.27. The Hall–Kier alpha value is -2.31. The summed E-state index contributed by atoms with van der Waals surface area (Å²) in [6.07, 6.45) is 1.25. The highest BCUT2D eigenvalue weighted by atomic mass is 32.2. The lowest BCUT2D eigenvalue weighted by atomic mass is 10.2. The number of sulfonamides is 1. The zero-order valence-corrected chi connectivity index (χ0v) is 16.7. The topological polar surface area (TPSA) is 136 Å². The minimum absolute atomic E-state index is 0.0868. The molecule has 0 spiro atoms. The van der Waals surface area contributed by atoms with Crippen molar-refractivity contribution in [3.63, 3.8) is 0 Å². The largest absolute Gasteiger partial charge is 0.379 e. The molecule has 12 heteroatoms. The fourth-order valence-corrected chi connectivity index (χ4v) is 4.59. The second-order valence-electron chi connectivity index (χ2n) is 6.33. The molecule has 0 aliphatic carbocycles. The van der Waals surface area contributed by atoms with Crippen molar-refractivity contribution in [1.82, 2.24) is 4.31 Å². The van der Waals surface area contributed by atoms with Crippen molar-refractivity contribution in [3.05, 3.63) is 32.4 Å². The molecule has 0 atom stereocenters. The molecule has 156 valence electrons. The number of rotatable bonds is 9. The number of anilines is 1. The number of hydrogen-bond donors (Lipinski definition) is 0. The monoisotopic (exact) mass is 416 g/mol. The Morgan fingerprint density at radius 2 is 1.50 bits per heavy atom. The number of benzene rings is 1. The summed E-state index contributed by atoms with van der Waals surface area (Å²) < 4.78 is 32.0. The summed E-state index contributed by atoms with van der Waals surface area (Å²) in [6.45, 7) is 5.04. The number of hydrogen-bond acceptors (Lipinski definition) is 8. The number of nitrogens with zero attached hydrogens (tertiary/aromatic N) is 4. The standard InChI is InChI=1S/C16H24N4O7S/c1-3-5-17(6-4-2)16-14(19(21)22)11-13(12-15(16)20(23)24)28(25,26)18-7-9-27-10-8-18/h11-12H,3-10H2,1-2H3. The highest BCUT2D eigenvalue weighted by Crippen LogP contribution is 2.40. The molecule has 0 saturated carbocycles. The van der Waals surface area contributed by atoms with Gasteiger partial charge in [-0.1, -0.05) is 13.8 Å². The van der Waals surface area contributed by atoms with Crippen molar-refractivity contribution in [1.29, 1.82) is 0 Å². The average molecular weight is 416 g/mol. The van der Waals surface area contributed by atoms with Gasteiger partial charge in [0, 0.05) is 38.3 Å². The van der Waals surface area contributed by atoms with Gasteiger partial charge < -0.3 is 9.64 Å².